The fourth-order valence-electron chi connectivity index (χ4n) is 2.36. The van der Waals surface area contributed by atoms with Crippen LogP contribution >= 0.6 is 0 Å². The second kappa shape index (κ2) is 5.27. The molecule has 1 fully saturated rings. The van der Waals surface area contributed by atoms with Crippen molar-refractivity contribution in [3.05, 3.63) is 23.9 Å². The molecule has 100 valence electrons. The fraction of sp³-hybridized carbons (Fsp3) is 0.667. The lowest BCUT2D eigenvalue weighted by Crippen LogP contribution is -2.25. The molecule has 18 heavy (non-hydrogen) atoms. The highest BCUT2D eigenvalue weighted by atomic mass is 15.2. The van der Waals surface area contributed by atoms with E-state index in [1.165, 1.54) is 6.42 Å². The van der Waals surface area contributed by atoms with Gasteiger partial charge >= 0.3 is 0 Å². The molecule has 1 aliphatic heterocycles. The Balaban J connectivity index is 2.03. The van der Waals surface area contributed by atoms with Crippen molar-refractivity contribution in [1.29, 1.82) is 0 Å². The van der Waals surface area contributed by atoms with Gasteiger partial charge < -0.3 is 10.2 Å². The van der Waals surface area contributed by atoms with Crippen LogP contribution < -0.4 is 10.2 Å². The predicted molar refractivity (Wildman–Crippen MR) is 76.8 cm³/mol. The highest BCUT2D eigenvalue weighted by Crippen LogP contribution is 2.31. The Kier molecular flexibility index (Phi) is 3.91. The molecule has 0 amide bonds. The van der Waals surface area contributed by atoms with Gasteiger partial charge in [-0.05, 0) is 24.0 Å². The largest absolute Gasteiger partial charge is 0.356 e. The molecule has 1 aromatic rings. The number of hydrogen-bond donors (Lipinski definition) is 1. The van der Waals surface area contributed by atoms with Crippen molar-refractivity contribution in [2.75, 3.05) is 18.0 Å². The third-order valence-corrected chi connectivity index (χ3v) is 3.48. The molecule has 0 spiro atoms. The Labute approximate surface area is 111 Å². The third-order valence-electron chi connectivity index (χ3n) is 3.48. The number of anilines is 1. The minimum Gasteiger partial charge on any atom is -0.356 e. The first-order chi connectivity index (χ1) is 8.46. The van der Waals surface area contributed by atoms with Crippen LogP contribution in [0.5, 0.6) is 0 Å². The van der Waals surface area contributed by atoms with Gasteiger partial charge in [-0.1, -0.05) is 33.8 Å². The van der Waals surface area contributed by atoms with E-state index in [4.69, 9.17) is 4.98 Å². The van der Waals surface area contributed by atoms with E-state index >= 15 is 0 Å². The topological polar surface area (TPSA) is 28.2 Å². The molecule has 0 aromatic carbocycles. The van der Waals surface area contributed by atoms with E-state index < -0.39 is 0 Å². The van der Waals surface area contributed by atoms with Crippen molar-refractivity contribution in [2.45, 2.75) is 46.7 Å². The lowest BCUT2D eigenvalue weighted by atomic mass is 9.93. The maximum Gasteiger partial charge on any atom is 0.128 e. The van der Waals surface area contributed by atoms with Crippen molar-refractivity contribution < 1.29 is 0 Å². The summed E-state index contributed by atoms with van der Waals surface area (Å²) >= 11 is 0. The Morgan fingerprint density at radius 2 is 2.17 bits per heavy atom. The molecule has 1 N–H and O–H groups in total. The number of aromatic nitrogens is 1. The molecular formula is C15H25N3. The van der Waals surface area contributed by atoms with Crippen LogP contribution in [0.3, 0.4) is 0 Å². The molecule has 0 bridgehead atoms. The van der Waals surface area contributed by atoms with Gasteiger partial charge in [0.25, 0.3) is 0 Å². The number of nitrogens with zero attached hydrogens (tertiary/aromatic N) is 2. The van der Waals surface area contributed by atoms with Crippen LogP contribution in [-0.4, -0.2) is 24.1 Å². The first-order valence-electron chi connectivity index (χ1n) is 6.90. The predicted octanol–water partition coefficient (Wildman–Crippen LogP) is 2.82. The van der Waals surface area contributed by atoms with Gasteiger partial charge in [0, 0.05) is 25.7 Å². The molecular weight excluding hydrogens is 222 g/mol. The van der Waals surface area contributed by atoms with Crippen molar-refractivity contribution in [3.8, 4) is 0 Å². The Bertz CT molecular complexity index is 398. The van der Waals surface area contributed by atoms with Gasteiger partial charge in [-0.3, -0.25) is 0 Å². The van der Waals surface area contributed by atoms with E-state index in [0.717, 1.165) is 31.1 Å². The summed E-state index contributed by atoms with van der Waals surface area (Å²) in [4.78, 5) is 7.16. The second-order valence-corrected chi connectivity index (χ2v) is 6.36. The summed E-state index contributed by atoms with van der Waals surface area (Å²) in [5.41, 5.74) is 1.55. The van der Waals surface area contributed by atoms with Crippen LogP contribution in [0.2, 0.25) is 0 Å². The zero-order chi connectivity index (χ0) is 13.2. The monoisotopic (exact) mass is 247 g/mol. The highest BCUT2D eigenvalue weighted by Gasteiger charge is 2.29. The van der Waals surface area contributed by atoms with E-state index in [2.05, 4.69) is 56.1 Å². The number of nitrogens with one attached hydrogen (secondary N) is 1. The van der Waals surface area contributed by atoms with E-state index in [0.29, 0.717) is 11.5 Å². The van der Waals surface area contributed by atoms with Crippen LogP contribution in [0, 0.1) is 5.41 Å². The van der Waals surface area contributed by atoms with Gasteiger partial charge in [0.1, 0.15) is 5.82 Å². The Hall–Kier alpha value is -1.09. The SMILES string of the molecule is CC(C)NCc1cccc(N2CCC(C)(C)C2)n1. The zero-order valence-electron chi connectivity index (χ0n) is 12.0. The van der Waals surface area contributed by atoms with Crippen LogP contribution in [0.1, 0.15) is 39.8 Å². The maximum atomic E-state index is 4.76. The molecule has 0 saturated carbocycles. The molecule has 3 nitrogen and oxygen atoms in total. The Morgan fingerprint density at radius 3 is 2.78 bits per heavy atom. The number of pyridine rings is 1. The van der Waals surface area contributed by atoms with Gasteiger partial charge in [0.2, 0.25) is 0 Å². The standard InChI is InChI=1S/C15H25N3/c1-12(2)16-10-13-6-5-7-14(17-13)18-9-8-15(3,4)11-18/h5-7,12,16H,8-11H2,1-4H3. The lowest BCUT2D eigenvalue weighted by Gasteiger charge is -2.21. The second-order valence-electron chi connectivity index (χ2n) is 6.36. The lowest BCUT2D eigenvalue weighted by molar-refractivity contribution is 0.418. The van der Waals surface area contributed by atoms with E-state index in [1.54, 1.807) is 0 Å². The highest BCUT2D eigenvalue weighted by molar-refractivity contribution is 5.41. The molecule has 2 rings (SSSR count). The van der Waals surface area contributed by atoms with Crippen molar-refractivity contribution >= 4 is 5.82 Å². The molecule has 0 radical (unpaired) electrons. The van der Waals surface area contributed by atoms with Gasteiger partial charge in [-0.25, -0.2) is 4.98 Å². The summed E-state index contributed by atoms with van der Waals surface area (Å²) < 4.78 is 0. The normalized spacial score (nSPS) is 18.6. The molecule has 2 heterocycles. The number of rotatable bonds is 4. The molecule has 0 atom stereocenters. The summed E-state index contributed by atoms with van der Waals surface area (Å²) in [5, 5.41) is 3.41. The number of hydrogen-bond acceptors (Lipinski definition) is 3. The molecule has 0 unspecified atom stereocenters. The summed E-state index contributed by atoms with van der Waals surface area (Å²) in [6, 6.07) is 6.84. The molecule has 1 aromatic heterocycles. The maximum absolute atomic E-state index is 4.76. The van der Waals surface area contributed by atoms with E-state index in [-0.39, 0.29) is 0 Å². The Morgan fingerprint density at radius 1 is 1.39 bits per heavy atom. The van der Waals surface area contributed by atoms with Crippen LogP contribution in [0.25, 0.3) is 0 Å². The molecule has 0 aliphatic carbocycles. The zero-order valence-corrected chi connectivity index (χ0v) is 12.0. The van der Waals surface area contributed by atoms with Crippen LogP contribution in [0.4, 0.5) is 5.82 Å². The van der Waals surface area contributed by atoms with Gasteiger partial charge in [-0.2, -0.15) is 0 Å². The average molecular weight is 247 g/mol. The van der Waals surface area contributed by atoms with Gasteiger partial charge in [0.15, 0.2) is 0 Å². The summed E-state index contributed by atoms with van der Waals surface area (Å²) in [6.45, 7) is 12.1. The van der Waals surface area contributed by atoms with Crippen molar-refractivity contribution in [3.63, 3.8) is 0 Å². The van der Waals surface area contributed by atoms with E-state index in [9.17, 15) is 0 Å². The van der Waals surface area contributed by atoms with Crippen molar-refractivity contribution in [2.24, 2.45) is 5.41 Å². The van der Waals surface area contributed by atoms with Gasteiger partial charge in [0.05, 0.1) is 5.69 Å². The van der Waals surface area contributed by atoms with Gasteiger partial charge in [-0.15, -0.1) is 0 Å². The van der Waals surface area contributed by atoms with Crippen LogP contribution in [0.15, 0.2) is 18.2 Å². The molecule has 1 aliphatic rings. The first kappa shape index (κ1) is 13.3. The fourth-order valence-corrected chi connectivity index (χ4v) is 2.36. The minimum atomic E-state index is 0.424. The smallest absolute Gasteiger partial charge is 0.128 e. The average Bonchev–Trinajstić information content (AvgIpc) is 2.67. The first-order valence-corrected chi connectivity index (χ1v) is 6.90. The molecule has 3 heteroatoms. The summed E-state index contributed by atoms with van der Waals surface area (Å²) in [7, 11) is 0. The minimum absolute atomic E-state index is 0.424. The molecule has 1 saturated heterocycles. The summed E-state index contributed by atoms with van der Waals surface area (Å²) in [6.07, 6.45) is 1.25. The quantitative estimate of drug-likeness (QED) is 0.887. The van der Waals surface area contributed by atoms with E-state index in [1.807, 2.05) is 0 Å². The third kappa shape index (κ3) is 3.45. The summed E-state index contributed by atoms with van der Waals surface area (Å²) in [5.74, 6) is 1.13. The van der Waals surface area contributed by atoms with Crippen molar-refractivity contribution in [1.82, 2.24) is 10.3 Å². The van der Waals surface area contributed by atoms with Crippen LogP contribution in [-0.2, 0) is 6.54 Å².